The molecule has 27 heavy (non-hydrogen) atoms. The van der Waals surface area contributed by atoms with E-state index in [1.54, 1.807) is 32.6 Å². The molecule has 0 saturated carbocycles. The minimum absolute atomic E-state index is 0. The van der Waals surface area contributed by atoms with Crippen LogP contribution in [0.15, 0.2) is 0 Å². The number of hydrogen-bond donors (Lipinski definition) is 1. The molecule has 0 aliphatic heterocycles. The molecule has 0 aromatic rings. The second-order valence-electron chi connectivity index (χ2n) is 5.92. The summed E-state index contributed by atoms with van der Waals surface area (Å²) in [5.41, 5.74) is 0. The van der Waals surface area contributed by atoms with Crippen LogP contribution >= 0.6 is 11.8 Å². The maximum Gasteiger partial charge on any atom is 0.314 e. The van der Waals surface area contributed by atoms with Crippen LogP contribution in [-0.4, -0.2) is 58.3 Å². The molecule has 1 unspecified atom stereocenters. The van der Waals surface area contributed by atoms with Crippen LogP contribution in [0.25, 0.3) is 0 Å². The van der Waals surface area contributed by atoms with Gasteiger partial charge in [0.05, 0.1) is 6.61 Å². The third-order valence-corrected chi connectivity index (χ3v) is 4.75. The van der Waals surface area contributed by atoms with Gasteiger partial charge in [-0.3, -0.25) is 19.2 Å². The maximum atomic E-state index is 12.8. The van der Waals surface area contributed by atoms with E-state index >= 15 is 0 Å². The first-order chi connectivity index (χ1) is 12.6. The molecule has 0 aromatic carbocycles. The third kappa shape index (κ3) is 10.4. The fourth-order valence-corrected chi connectivity index (χ4v) is 3.29. The fraction of sp³-hybridized carbons (Fsp3) is 0.789. The molecule has 1 atom stereocenters. The molecule has 2 amide bonds. The Morgan fingerprint density at radius 2 is 1.59 bits per heavy atom. The summed E-state index contributed by atoms with van der Waals surface area (Å²) >= 11 is 0.881. The molecule has 0 saturated heterocycles. The molecule has 0 aliphatic carbocycles. The van der Waals surface area contributed by atoms with Crippen molar-refractivity contribution >= 4 is 34.7 Å². The summed E-state index contributed by atoms with van der Waals surface area (Å²) in [6.07, 6.45) is -0.130. The van der Waals surface area contributed by atoms with Crippen LogP contribution in [0.4, 0.5) is 0 Å². The molecule has 1 N–H and O–H groups in total. The van der Waals surface area contributed by atoms with Crippen LogP contribution in [0.1, 0.15) is 69.7 Å². The zero-order chi connectivity index (χ0) is 21.6. The van der Waals surface area contributed by atoms with Crippen molar-refractivity contribution in [1.29, 1.82) is 0 Å². The van der Waals surface area contributed by atoms with Crippen LogP contribution in [-0.2, 0) is 23.9 Å². The minimum Gasteiger partial charge on any atom is -0.466 e. The smallest absolute Gasteiger partial charge is 0.314 e. The van der Waals surface area contributed by atoms with Gasteiger partial charge in [-0.15, -0.1) is 0 Å². The van der Waals surface area contributed by atoms with Crippen molar-refractivity contribution in [3.63, 3.8) is 0 Å². The lowest BCUT2D eigenvalue weighted by atomic mass is 10.0. The molecule has 0 bridgehead atoms. The number of rotatable bonds is 10. The Bertz CT molecular complexity index is 497. The van der Waals surface area contributed by atoms with Gasteiger partial charge in [-0.05, 0) is 34.6 Å². The fourth-order valence-electron chi connectivity index (χ4n) is 2.23. The molecule has 0 heterocycles. The van der Waals surface area contributed by atoms with Gasteiger partial charge in [0.15, 0.2) is 0 Å². The predicted molar refractivity (Wildman–Crippen MR) is 112 cm³/mol. The number of nitrogens with zero attached hydrogens (tertiary/aromatic N) is 1. The summed E-state index contributed by atoms with van der Waals surface area (Å²) in [6.45, 7) is 15.7. The lowest BCUT2D eigenvalue weighted by molar-refractivity contribution is -0.144. The Hall–Kier alpha value is -1.57. The second-order valence-corrected chi connectivity index (χ2v) is 7.64. The maximum absolute atomic E-state index is 12.8. The quantitative estimate of drug-likeness (QED) is 0.443. The normalized spacial score (nSPS) is 11.6. The zero-order valence-corrected chi connectivity index (χ0v) is 18.8. The highest BCUT2D eigenvalue weighted by atomic mass is 32.2. The van der Waals surface area contributed by atoms with Gasteiger partial charge in [0.25, 0.3) is 0 Å². The first-order valence-corrected chi connectivity index (χ1v) is 10.4. The summed E-state index contributed by atoms with van der Waals surface area (Å²) in [6, 6.07) is -0.865. The van der Waals surface area contributed by atoms with Crippen molar-refractivity contribution in [3.8, 4) is 0 Å². The van der Waals surface area contributed by atoms with Gasteiger partial charge in [0.1, 0.15) is 12.5 Å². The van der Waals surface area contributed by atoms with Crippen LogP contribution in [0, 0.1) is 0 Å². The van der Waals surface area contributed by atoms with E-state index in [4.69, 9.17) is 4.74 Å². The van der Waals surface area contributed by atoms with Crippen molar-refractivity contribution < 1.29 is 25.3 Å². The number of ether oxygens (including phenoxy) is 1. The van der Waals surface area contributed by atoms with Gasteiger partial charge < -0.3 is 15.0 Å². The number of carbonyl (C=O) groups is 4. The largest absolute Gasteiger partial charge is 0.466 e. The Kier molecular flexibility index (Phi) is 14.8. The Labute approximate surface area is 169 Å². The molecule has 0 radical (unpaired) electrons. The molecular formula is C19H38N2O5S. The van der Waals surface area contributed by atoms with Crippen molar-refractivity contribution in [2.45, 2.75) is 79.0 Å². The summed E-state index contributed by atoms with van der Waals surface area (Å²) in [5.74, 6) is -1.11. The van der Waals surface area contributed by atoms with E-state index in [1.165, 1.54) is 0 Å². The Balaban J connectivity index is -0.00000201. The SMILES string of the molecule is CC.CCOC(=O)CC(=O)SC(C)(C)C(NC(=O)CC)C(=O)N(CC)CC.[HH]. The predicted octanol–water partition coefficient (Wildman–Crippen LogP) is 3.01. The van der Waals surface area contributed by atoms with E-state index in [2.05, 4.69) is 5.32 Å². The van der Waals surface area contributed by atoms with Crippen LogP contribution in [0.5, 0.6) is 0 Å². The zero-order valence-electron chi connectivity index (χ0n) is 18.0. The average molecular weight is 407 g/mol. The van der Waals surface area contributed by atoms with E-state index < -0.39 is 21.9 Å². The number of hydrogen-bond acceptors (Lipinski definition) is 6. The molecule has 0 aliphatic rings. The van der Waals surface area contributed by atoms with Gasteiger partial charge >= 0.3 is 5.97 Å². The lowest BCUT2D eigenvalue weighted by Crippen LogP contribution is -2.57. The van der Waals surface area contributed by atoms with Crippen LogP contribution in [0.2, 0.25) is 0 Å². The van der Waals surface area contributed by atoms with Gasteiger partial charge in [-0.2, -0.15) is 0 Å². The number of nitrogens with one attached hydrogen (secondary N) is 1. The summed E-state index contributed by atoms with van der Waals surface area (Å²) in [4.78, 5) is 49.9. The van der Waals surface area contributed by atoms with E-state index in [-0.39, 0.29) is 32.7 Å². The Morgan fingerprint density at radius 3 is 2.00 bits per heavy atom. The highest BCUT2D eigenvalue weighted by Gasteiger charge is 2.40. The third-order valence-electron chi connectivity index (χ3n) is 3.61. The van der Waals surface area contributed by atoms with Gasteiger partial charge in [-0.1, -0.05) is 32.5 Å². The molecule has 0 rings (SSSR count). The first kappa shape index (κ1) is 27.6. The number of esters is 1. The molecule has 8 heteroatoms. The number of likely N-dealkylation sites (N-methyl/N-ethyl adjacent to an activating group) is 1. The van der Waals surface area contributed by atoms with E-state index in [1.807, 2.05) is 27.7 Å². The highest BCUT2D eigenvalue weighted by Crippen LogP contribution is 2.31. The van der Waals surface area contributed by atoms with Crippen molar-refractivity contribution in [3.05, 3.63) is 0 Å². The van der Waals surface area contributed by atoms with Crippen LogP contribution in [0.3, 0.4) is 0 Å². The number of amides is 2. The molecule has 160 valence electrons. The molecular weight excluding hydrogens is 368 g/mol. The minimum atomic E-state index is -0.909. The van der Waals surface area contributed by atoms with Gasteiger partial charge in [-0.25, -0.2) is 0 Å². The first-order valence-electron chi connectivity index (χ1n) is 9.58. The average Bonchev–Trinajstić information content (AvgIpc) is 2.61. The van der Waals surface area contributed by atoms with Gasteiger partial charge in [0, 0.05) is 25.7 Å². The van der Waals surface area contributed by atoms with Gasteiger partial charge in [0.2, 0.25) is 16.9 Å². The molecule has 0 fully saturated rings. The summed E-state index contributed by atoms with van der Waals surface area (Å²) < 4.78 is 3.86. The number of carbonyl (C=O) groups excluding carboxylic acids is 4. The monoisotopic (exact) mass is 406 g/mol. The van der Waals surface area contributed by atoms with Crippen LogP contribution < -0.4 is 5.32 Å². The van der Waals surface area contributed by atoms with E-state index in [0.717, 1.165) is 11.8 Å². The Morgan fingerprint density at radius 1 is 1.07 bits per heavy atom. The number of thioether (sulfide) groups is 1. The molecule has 7 nitrogen and oxygen atoms in total. The summed E-state index contributed by atoms with van der Waals surface area (Å²) in [5, 5.41) is 2.32. The van der Waals surface area contributed by atoms with Crippen molar-refractivity contribution in [2.24, 2.45) is 0 Å². The standard InChI is InChI=1S/C17H30N2O5S.C2H6.H2/c1-7-12(20)18-15(16(23)19(8-2)9-3)17(5,6)25-14(22)11-13(21)24-10-4;1-2;/h15H,7-11H2,1-6H3,(H,18,20);1-2H3;1H. The van der Waals surface area contributed by atoms with Crippen molar-refractivity contribution in [2.75, 3.05) is 19.7 Å². The molecule has 0 spiro atoms. The summed E-state index contributed by atoms with van der Waals surface area (Å²) in [7, 11) is 0. The second kappa shape index (κ2) is 14.5. The molecule has 0 aromatic heterocycles. The van der Waals surface area contributed by atoms with Crippen molar-refractivity contribution in [1.82, 2.24) is 10.2 Å². The van der Waals surface area contributed by atoms with E-state index in [0.29, 0.717) is 13.1 Å². The topological polar surface area (TPSA) is 92.8 Å². The highest BCUT2D eigenvalue weighted by molar-refractivity contribution is 8.14. The van der Waals surface area contributed by atoms with E-state index in [9.17, 15) is 19.2 Å². The lowest BCUT2D eigenvalue weighted by Gasteiger charge is -2.35.